The van der Waals surface area contributed by atoms with E-state index in [2.05, 4.69) is 5.32 Å². The minimum Gasteiger partial charge on any atom is -0.352 e. The lowest BCUT2D eigenvalue weighted by molar-refractivity contribution is -0.132. The SMILES string of the molecule is O=C(NCCC(=O)N1CCN(S(=O)(=O)c2ccccc2)CC1)c1ccccc1. The average Bonchev–Trinajstić information content (AvgIpc) is 2.75. The molecule has 2 amide bonds. The van der Waals surface area contributed by atoms with Crippen LogP contribution in [-0.2, 0) is 14.8 Å². The highest BCUT2D eigenvalue weighted by molar-refractivity contribution is 7.89. The van der Waals surface area contributed by atoms with Crippen molar-refractivity contribution in [3.8, 4) is 0 Å². The summed E-state index contributed by atoms with van der Waals surface area (Å²) in [6.07, 6.45) is 0.185. The number of nitrogens with one attached hydrogen (secondary N) is 1. The third kappa shape index (κ3) is 4.76. The molecule has 0 unspecified atom stereocenters. The Morgan fingerprint density at radius 2 is 1.43 bits per heavy atom. The van der Waals surface area contributed by atoms with Gasteiger partial charge in [0.1, 0.15) is 0 Å². The Morgan fingerprint density at radius 3 is 2.04 bits per heavy atom. The highest BCUT2D eigenvalue weighted by Gasteiger charge is 2.29. The summed E-state index contributed by atoms with van der Waals surface area (Å²) in [4.78, 5) is 26.2. The van der Waals surface area contributed by atoms with Crippen molar-refractivity contribution in [1.29, 1.82) is 0 Å². The molecule has 7 nitrogen and oxygen atoms in total. The Hall–Kier alpha value is -2.71. The van der Waals surface area contributed by atoms with E-state index in [1.54, 1.807) is 59.5 Å². The van der Waals surface area contributed by atoms with Gasteiger partial charge in [0.15, 0.2) is 0 Å². The summed E-state index contributed by atoms with van der Waals surface area (Å²) in [5, 5.41) is 2.73. The third-order valence-corrected chi connectivity index (χ3v) is 6.55. The van der Waals surface area contributed by atoms with E-state index in [1.807, 2.05) is 6.07 Å². The van der Waals surface area contributed by atoms with Crippen LogP contribution in [0.2, 0.25) is 0 Å². The molecule has 3 rings (SSSR count). The monoisotopic (exact) mass is 401 g/mol. The lowest BCUT2D eigenvalue weighted by atomic mass is 10.2. The van der Waals surface area contributed by atoms with Gasteiger partial charge in [0.25, 0.3) is 5.91 Å². The van der Waals surface area contributed by atoms with Crippen LogP contribution in [0, 0.1) is 0 Å². The Kier molecular flexibility index (Phi) is 6.43. The zero-order chi connectivity index (χ0) is 20.0. The van der Waals surface area contributed by atoms with Gasteiger partial charge < -0.3 is 10.2 Å². The van der Waals surface area contributed by atoms with Crippen molar-refractivity contribution in [3.05, 3.63) is 66.2 Å². The van der Waals surface area contributed by atoms with Gasteiger partial charge in [-0.2, -0.15) is 4.31 Å². The van der Waals surface area contributed by atoms with Crippen LogP contribution < -0.4 is 5.32 Å². The van der Waals surface area contributed by atoms with E-state index in [0.717, 1.165) is 0 Å². The zero-order valence-electron chi connectivity index (χ0n) is 15.5. The predicted octanol–water partition coefficient (Wildman–Crippen LogP) is 1.34. The van der Waals surface area contributed by atoms with Gasteiger partial charge in [-0.25, -0.2) is 8.42 Å². The van der Waals surface area contributed by atoms with Crippen molar-refractivity contribution < 1.29 is 18.0 Å². The molecule has 1 aliphatic heterocycles. The number of rotatable bonds is 6. The molecule has 2 aromatic carbocycles. The smallest absolute Gasteiger partial charge is 0.251 e. The molecular formula is C20H23N3O4S. The minimum atomic E-state index is -3.53. The predicted molar refractivity (Wildman–Crippen MR) is 105 cm³/mol. The van der Waals surface area contributed by atoms with E-state index in [0.29, 0.717) is 18.7 Å². The highest BCUT2D eigenvalue weighted by atomic mass is 32.2. The van der Waals surface area contributed by atoms with Crippen molar-refractivity contribution >= 4 is 21.8 Å². The van der Waals surface area contributed by atoms with E-state index in [-0.39, 0.29) is 42.8 Å². The van der Waals surface area contributed by atoms with Crippen LogP contribution in [0.15, 0.2) is 65.6 Å². The zero-order valence-corrected chi connectivity index (χ0v) is 16.3. The summed E-state index contributed by atoms with van der Waals surface area (Å²) in [5.41, 5.74) is 0.551. The molecular weight excluding hydrogens is 378 g/mol. The Bertz CT molecular complexity index is 909. The van der Waals surface area contributed by atoms with Gasteiger partial charge >= 0.3 is 0 Å². The highest BCUT2D eigenvalue weighted by Crippen LogP contribution is 2.17. The van der Waals surface area contributed by atoms with Gasteiger partial charge in [-0.15, -0.1) is 0 Å². The normalized spacial score (nSPS) is 15.2. The molecule has 0 saturated carbocycles. The molecule has 0 aromatic heterocycles. The van der Waals surface area contributed by atoms with Gasteiger partial charge in [0, 0.05) is 44.7 Å². The lowest BCUT2D eigenvalue weighted by Gasteiger charge is -2.34. The van der Waals surface area contributed by atoms with Crippen LogP contribution in [0.25, 0.3) is 0 Å². The van der Waals surface area contributed by atoms with Crippen molar-refractivity contribution in [2.24, 2.45) is 0 Å². The second-order valence-electron chi connectivity index (χ2n) is 6.47. The lowest BCUT2D eigenvalue weighted by Crippen LogP contribution is -2.50. The molecule has 1 N–H and O–H groups in total. The third-order valence-electron chi connectivity index (χ3n) is 4.63. The molecule has 8 heteroatoms. The maximum atomic E-state index is 12.6. The van der Waals surface area contributed by atoms with Crippen LogP contribution in [0.1, 0.15) is 16.8 Å². The van der Waals surface area contributed by atoms with Crippen LogP contribution in [-0.4, -0.2) is 62.2 Å². The number of amides is 2. The van der Waals surface area contributed by atoms with Gasteiger partial charge in [-0.05, 0) is 24.3 Å². The molecule has 0 spiro atoms. The van der Waals surface area contributed by atoms with E-state index >= 15 is 0 Å². The van der Waals surface area contributed by atoms with Gasteiger partial charge in [-0.1, -0.05) is 36.4 Å². The van der Waals surface area contributed by atoms with Crippen LogP contribution >= 0.6 is 0 Å². The minimum absolute atomic E-state index is 0.0925. The Balaban J connectivity index is 1.46. The first-order valence-electron chi connectivity index (χ1n) is 9.15. The quantitative estimate of drug-likeness (QED) is 0.791. The molecule has 0 atom stereocenters. The standard InChI is InChI=1S/C20H23N3O4S/c24-19(11-12-21-20(25)17-7-3-1-4-8-17)22-13-15-23(16-14-22)28(26,27)18-9-5-2-6-10-18/h1-10H,11-16H2,(H,21,25). The van der Waals surface area contributed by atoms with Gasteiger partial charge in [0.2, 0.25) is 15.9 Å². The van der Waals surface area contributed by atoms with Gasteiger partial charge in [0.05, 0.1) is 4.90 Å². The molecule has 1 heterocycles. The first-order valence-corrected chi connectivity index (χ1v) is 10.6. The molecule has 0 bridgehead atoms. The first-order chi connectivity index (χ1) is 13.5. The molecule has 148 valence electrons. The molecule has 0 radical (unpaired) electrons. The van der Waals surface area contributed by atoms with Crippen molar-refractivity contribution in [1.82, 2.24) is 14.5 Å². The number of nitrogens with zero attached hydrogens (tertiary/aromatic N) is 2. The maximum absolute atomic E-state index is 12.6. The topological polar surface area (TPSA) is 86.8 Å². The van der Waals surface area contributed by atoms with E-state index in [4.69, 9.17) is 0 Å². The van der Waals surface area contributed by atoms with Crippen LogP contribution in [0.4, 0.5) is 0 Å². The van der Waals surface area contributed by atoms with Crippen molar-refractivity contribution in [2.75, 3.05) is 32.7 Å². The second kappa shape index (κ2) is 8.99. The summed E-state index contributed by atoms with van der Waals surface area (Å²) in [7, 11) is -3.53. The number of carbonyl (C=O) groups is 2. The average molecular weight is 401 g/mol. The second-order valence-corrected chi connectivity index (χ2v) is 8.41. The fourth-order valence-electron chi connectivity index (χ4n) is 3.05. The molecule has 1 saturated heterocycles. The number of benzene rings is 2. The van der Waals surface area contributed by atoms with Crippen molar-refractivity contribution in [2.45, 2.75) is 11.3 Å². The molecule has 1 aliphatic rings. The molecule has 28 heavy (non-hydrogen) atoms. The number of hydrogen-bond acceptors (Lipinski definition) is 4. The summed E-state index contributed by atoms with van der Waals surface area (Å²) in [6, 6.07) is 17.1. The molecule has 2 aromatic rings. The van der Waals surface area contributed by atoms with E-state index in [1.165, 1.54) is 4.31 Å². The number of carbonyl (C=O) groups excluding carboxylic acids is 2. The first kappa shape index (κ1) is 20.0. The van der Waals surface area contributed by atoms with Crippen LogP contribution in [0.5, 0.6) is 0 Å². The van der Waals surface area contributed by atoms with Crippen LogP contribution in [0.3, 0.4) is 0 Å². The summed E-state index contributed by atoms with van der Waals surface area (Å²) in [6.45, 7) is 1.46. The summed E-state index contributed by atoms with van der Waals surface area (Å²) < 4.78 is 26.6. The van der Waals surface area contributed by atoms with E-state index < -0.39 is 10.0 Å². The number of sulfonamides is 1. The fourth-order valence-corrected chi connectivity index (χ4v) is 4.50. The number of hydrogen-bond donors (Lipinski definition) is 1. The van der Waals surface area contributed by atoms with E-state index in [9.17, 15) is 18.0 Å². The summed E-state index contributed by atoms with van der Waals surface area (Å²) in [5.74, 6) is -0.308. The maximum Gasteiger partial charge on any atom is 0.251 e. The van der Waals surface area contributed by atoms with Gasteiger partial charge in [-0.3, -0.25) is 9.59 Å². The van der Waals surface area contributed by atoms with Crippen molar-refractivity contribution in [3.63, 3.8) is 0 Å². The largest absolute Gasteiger partial charge is 0.352 e. The molecule has 1 fully saturated rings. The Morgan fingerprint density at radius 1 is 0.857 bits per heavy atom. The molecule has 0 aliphatic carbocycles. The summed E-state index contributed by atoms with van der Waals surface area (Å²) >= 11 is 0. The Labute approximate surface area is 165 Å². The number of piperazine rings is 1. The fraction of sp³-hybridized carbons (Fsp3) is 0.300.